The van der Waals surface area contributed by atoms with Gasteiger partial charge < -0.3 is 14.5 Å². The highest BCUT2D eigenvalue weighted by Gasteiger charge is 2.24. The first kappa shape index (κ1) is 19.1. The van der Waals surface area contributed by atoms with Gasteiger partial charge in [-0.25, -0.2) is 9.37 Å². The van der Waals surface area contributed by atoms with Crippen molar-refractivity contribution in [3.8, 4) is 0 Å². The van der Waals surface area contributed by atoms with Crippen molar-refractivity contribution in [1.29, 1.82) is 0 Å². The third kappa shape index (κ3) is 4.59. The Morgan fingerprint density at radius 2 is 1.93 bits per heavy atom. The molecule has 7 heteroatoms. The summed E-state index contributed by atoms with van der Waals surface area (Å²) in [6.45, 7) is 5.96. The van der Waals surface area contributed by atoms with E-state index < -0.39 is 0 Å². The number of ether oxygens (including phenoxy) is 1. The van der Waals surface area contributed by atoms with E-state index in [4.69, 9.17) is 9.72 Å². The van der Waals surface area contributed by atoms with Gasteiger partial charge in [0.1, 0.15) is 11.6 Å². The molecule has 0 atom stereocenters. The van der Waals surface area contributed by atoms with Gasteiger partial charge in [-0.15, -0.1) is 0 Å². The molecular weight excluding hydrogens is 357 g/mol. The van der Waals surface area contributed by atoms with Crippen molar-refractivity contribution < 1.29 is 9.13 Å². The van der Waals surface area contributed by atoms with E-state index in [0.29, 0.717) is 6.04 Å². The van der Waals surface area contributed by atoms with E-state index in [2.05, 4.69) is 26.7 Å². The van der Waals surface area contributed by atoms with Crippen LogP contribution in [0, 0.1) is 5.82 Å². The van der Waals surface area contributed by atoms with Crippen molar-refractivity contribution in [2.24, 2.45) is 0 Å². The summed E-state index contributed by atoms with van der Waals surface area (Å²) in [4.78, 5) is 16.1. The van der Waals surface area contributed by atoms with E-state index in [0.717, 1.165) is 76.1 Å². The number of halogens is 1. The lowest BCUT2D eigenvalue weighted by Crippen LogP contribution is -2.43. The third-order valence-corrected chi connectivity index (χ3v) is 5.68. The van der Waals surface area contributed by atoms with Gasteiger partial charge in [0.2, 0.25) is 5.95 Å². The summed E-state index contributed by atoms with van der Waals surface area (Å²) in [7, 11) is 2.12. The topological polar surface area (TPSA) is 44.7 Å². The van der Waals surface area contributed by atoms with Crippen molar-refractivity contribution in [2.75, 3.05) is 56.2 Å². The molecule has 2 fully saturated rings. The lowest BCUT2D eigenvalue weighted by atomic mass is 10.0. The van der Waals surface area contributed by atoms with Gasteiger partial charge in [0, 0.05) is 52.0 Å². The maximum absolute atomic E-state index is 13.4. The van der Waals surface area contributed by atoms with E-state index in [9.17, 15) is 4.39 Å². The average molecular weight is 385 g/mol. The number of piperidine rings is 1. The Bertz CT molecular complexity index is 775. The number of likely N-dealkylation sites (tertiary alicyclic amines) is 1. The first-order valence-corrected chi connectivity index (χ1v) is 10.0. The summed E-state index contributed by atoms with van der Waals surface area (Å²) in [5, 5.41) is 0. The molecule has 0 amide bonds. The summed E-state index contributed by atoms with van der Waals surface area (Å²) in [6.07, 6.45) is 3.99. The standard InChI is InChI=1S/C21H28FN5O/c1-25(20-5-8-23-21(24-20)27-11-13-28-14-12-27)19-6-9-26(10-7-19)16-17-3-2-4-18(22)15-17/h2-5,8,15,19H,6-7,9-14,16H2,1H3. The zero-order valence-electron chi connectivity index (χ0n) is 16.4. The van der Waals surface area contributed by atoms with Crippen LogP contribution in [0.1, 0.15) is 18.4 Å². The highest BCUT2D eigenvalue weighted by Crippen LogP contribution is 2.23. The quantitative estimate of drug-likeness (QED) is 0.788. The molecule has 1 aromatic heterocycles. The molecule has 2 aliphatic heterocycles. The van der Waals surface area contributed by atoms with Crippen molar-refractivity contribution >= 4 is 11.8 Å². The molecule has 0 aliphatic carbocycles. The number of rotatable bonds is 5. The Hall–Kier alpha value is -2.25. The van der Waals surface area contributed by atoms with Crippen LogP contribution in [0.25, 0.3) is 0 Å². The molecule has 0 spiro atoms. The molecular formula is C21H28FN5O. The van der Waals surface area contributed by atoms with Crippen LogP contribution in [0.4, 0.5) is 16.2 Å². The van der Waals surface area contributed by atoms with Gasteiger partial charge in [0.15, 0.2) is 0 Å². The van der Waals surface area contributed by atoms with Gasteiger partial charge in [-0.05, 0) is 36.6 Å². The normalized spacial score (nSPS) is 19.0. The summed E-state index contributed by atoms with van der Waals surface area (Å²) in [5.74, 6) is 1.60. The predicted molar refractivity (Wildman–Crippen MR) is 108 cm³/mol. The Kier molecular flexibility index (Phi) is 6.02. The third-order valence-electron chi connectivity index (χ3n) is 5.68. The number of benzene rings is 1. The molecule has 0 N–H and O–H groups in total. The van der Waals surface area contributed by atoms with Gasteiger partial charge in [-0.1, -0.05) is 12.1 Å². The Balaban J connectivity index is 1.34. The zero-order valence-corrected chi connectivity index (χ0v) is 16.4. The van der Waals surface area contributed by atoms with Crippen LogP contribution in [-0.2, 0) is 11.3 Å². The number of morpholine rings is 1. The van der Waals surface area contributed by atoms with Crippen LogP contribution in [0.15, 0.2) is 36.5 Å². The Morgan fingerprint density at radius 3 is 2.68 bits per heavy atom. The van der Waals surface area contributed by atoms with Gasteiger partial charge in [0.05, 0.1) is 13.2 Å². The van der Waals surface area contributed by atoms with Crippen LogP contribution < -0.4 is 9.80 Å². The van der Waals surface area contributed by atoms with Crippen molar-refractivity contribution in [3.05, 3.63) is 47.9 Å². The molecule has 2 saturated heterocycles. The molecule has 2 aliphatic rings. The molecule has 28 heavy (non-hydrogen) atoms. The minimum Gasteiger partial charge on any atom is -0.378 e. The van der Waals surface area contributed by atoms with Crippen molar-refractivity contribution in [1.82, 2.24) is 14.9 Å². The van der Waals surface area contributed by atoms with Crippen LogP contribution in [0.5, 0.6) is 0 Å². The monoisotopic (exact) mass is 385 g/mol. The maximum Gasteiger partial charge on any atom is 0.227 e. The minimum atomic E-state index is -0.160. The molecule has 0 saturated carbocycles. The number of nitrogens with zero attached hydrogens (tertiary/aromatic N) is 5. The number of anilines is 2. The van der Waals surface area contributed by atoms with Crippen molar-refractivity contribution in [3.63, 3.8) is 0 Å². The van der Waals surface area contributed by atoms with Crippen LogP contribution >= 0.6 is 0 Å². The Morgan fingerprint density at radius 1 is 1.14 bits per heavy atom. The second kappa shape index (κ2) is 8.84. The fourth-order valence-electron chi connectivity index (χ4n) is 4.00. The fraction of sp³-hybridized carbons (Fsp3) is 0.524. The molecule has 4 rings (SSSR count). The molecule has 0 radical (unpaired) electrons. The van der Waals surface area contributed by atoms with Gasteiger partial charge in [-0.2, -0.15) is 4.98 Å². The van der Waals surface area contributed by atoms with Gasteiger partial charge >= 0.3 is 0 Å². The SMILES string of the molecule is CN(c1ccnc(N2CCOCC2)n1)C1CCN(Cc2cccc(F)c2)CC1. The average Bonchev–Trinajstić information content (AvgIpc) is 2.75. The second-order valence-electron chi connectivity index (χ2n) is 7.56. The first-order valence-electron chi connectivity index (χ1n) is 10.0. The lowest BCUT2D eigenvalue weighted by molar-refractivity contribution is 0.122. The molecule has 0 bridgehead atoms. The molecule has 6 nitrogen and oxygen atoms in total. The Labute approximate surface area is 165 Å². The van der Waals surface area contributed by atoms with Crippen molar-refractivity contribution in [2.45, 2.75) is 25.4 Å². The molecule has 150 valence electrons. The van der Waals surface area contributed by atoms with E-state index >= 15 is 0 Å². The largest absolute Gasteiger partial charge is 0.378 e. The second-order valence-corrected chi connectivity index (χ2v) is 7.56. The summed E-state index contributed by atoms with van der Waals surface area (Å²) < 4.78 is 18.8. The molecule has 0 unspecified atom stereocenters. The van der Waals surface area contributed by atoms with Gasteiger partial charge in [0.25, 0.3) is 0 Å². The minimum absolute atomic E-state index is 0.160. The maximum atomic E-state index is 13.4. The summed E-state index contributed by atoms with van der Waals surface area (Å²) in [6, 6.07) is 9.35. The van der Waals surface area contributed by atoms with Gasteiger partial charge in [-0.3, -0.25) is 4.90 Å². The van der Waals surface area contributed by atoms with E-state index in [1.54, 1.807) is 12.1 Å². The number of hydrogen-bond acceptors (Lipinski definition) is 6. The first-order chi connectivity index (χ1) is 13.7. The molecule has 2 aromatic rings. The van der Waals surface area contributed by atoms with E-state index in [-0.39, 0.29) is 5.82 Å². The number of hydrogen-bond donors (Lipinski definition) is 0. The van der Waals surface area contributed by atoms with Crippen LogP contribution in [-0.4, -0.2) is 67.4 Å². The summed E-state index contributed by atoms with van der Waals surface area (Å²) in [5.41, 5.74) is 1.04. The van der Waals surface area contributed by atoms with E-state index in [1.165, 1.54) is 6.07 Å². The smallest absolute Gasteiger partial charge is 0.227 e. The lowest BCUT2D eigenvalue weighted by Gasteiger charge is -2.37. The van der Waals surface area contributed by atoms with Crippen LogP contribution in [0.3, 0.4) is 0 Å². The number of aromatic nitrogens is 2. The molecule has 3 heterocycles. The zero-order chi connectivity index (χ0) is 19.3. The highest BCUT2D eigenvalue weighted by atomic mass is 19.1. The molecule has 1 aromatic carbocycles. The van der Waals surface area contributed by atoms with E-state index in [1.807, 2.05) is 18.3 Å². The summed E-state index contributed by atoms with van der Waals surface area (Å²) >= 11 is 0. The fourth-order valence-corrected chi connectivity index (χ4v) is 4.00. The highest BCUT2D eigenvalue weighted by molar-refractivity contribution is 5.44. The predicted octanol–water partition coefficient (Wildman–Crippen LogP) is 2.55. The van der Waals surface area contributed by atoms with Crippen LogP contribution in [0.2, 0.25) is 0 Å².